The van der Waals surface area contributed by atoms with Crippen LogP contribution in [0.5, 0.6) is 11.6 Å². The summed E-state index contributed by atoms with van der Waals surface area (Å²) in [6.07, 6.45) is 0. The van der Waals surface area contributed by atoms with Crippen molar-refractivity contribution in [2.45, 2.75) is 13.5 Å². The van der Waals surface area contributed by atoms with Crippen molar-refractivity contribution in [2.75, 3.05) is 0 Å². The van der Waals surface area contributed by atoms with Crippen molar-refractivity contribution in [1.29, 1.82) is 0 Å². The zero-order valence-corrected chi connectivity index (χ0v) is 9.65. The molecule has 1 aromatic heterocycles. The van der Waals surface area contributed by atoms with Crippen molar-refractivity contribution in [3.8, 4) is 11.6 Å². The molecular weight excluding hydrogens is 240 g/mol. The number of hydrogen-bond donors (Lipinski definition) is 1. The van der Waals surface area contributed by atoms with E-state index in [-0.39, 0.29) is 18.2 Å². The van der Waals surface area contributed by atoms with Gasteiger partial charge in [-0.25, -0.2) is 13.8 Å². The van der Waals surface area contributed by atoms with Crippen LogP contribution in [0.1, 0.15) is 11.3 Å². The summed E-state index contributed by atoms with van der Waals surface area (Å²) in [5, 5.41) is 8.99. The zero-order valence-electron chi connectivity index (χ0n) is 9.65. The second-order valence-corrected chi connectivity index (χ2v) is 3.76. The van der Waals surface area contributed by atoms with E-state index < -0.39 is 11.6 Å². The van der Waals surface area contributed by atoms with Crippen molar-refractivity contribution >= 4 is 0 Å². The van der Waals surface area contributed by atoms with E-state index in [2.05, 4.69) is 4.98 Å². The van der Waals surface area contributed by atoms with Crippen LogP contribution in [0.15, 0.2) is 30.3 Å². The normalized spacial score (nSPS) is 10.4. The van der Waals surface area contributed by atoms with Crippen molar-refractivity contribution in [2.24, 2.45) is 0 Å². The third-order valence-corrected chi connectivity index (χ3v) is 2.40. The van der Waals surface area contributed by atoms with Crippen LogP contribution in [0, 0.1) is 18.6 Å². The first kappa shape index (κ1) is 12.4. The van der Waals surface area contributed by atoms with E-state index in [1.807, 2.05) is 0 Å². The average molecular weight is 251 g/mol. The molecule has 0 aliphatic carbocycles. The van der Waals surface area contributed by atoms with Gasteiger partial charge < -0.3 is 9.84 Å². The fourth-order valence-electron chi connectivity index (χ4n) is 1.50. The molecule has 94 valence electrons. The van der Waals surface area contributed by atoms with Crippen molar-refractivity contribution in [3.05, 3.63) is 53.2 Å². The minimum Gasteiger partial charge on any atom is -0.439 e. The molecule has 2 rings (SSSR count). The molecule has 1 heterocycles. The number of pyridine rings is 1. The largest absolute Gasteiger partial charge is 0.439 e. The molecule has 0 saturated heterocycles. The third kappa shape index (κ3) is 2.81. The molecular formula is C13H11F2NO2. The summed E-state index contributed by atoms with van der Waals surface area (Å²) in [5.74, 6) is -1.17. The van der Waals surface area contributed by atoms with Crippen molar-refractivity contribution in [1.82, 2.24) is 4.98 Å². The molecule has 0 radical (unpaired) electrons. The molecule has 0 atom stereocenters. The van der Waals surface area contributed by atoms with Crippen LogP contribution in [0.25, 0.3) is 0 Å². The van der Waals surface area contributed by atoms with Gasteiger partial charge in [-0.1, -0.05) is 0 Å². The molecule has 1 N–H and O–H groups in total. The first-order chi connectivity index (χ1) is 8.58. The summed E-state index contributed by atoms with van der Waals surface area (Å²) in [6, 6.07) is 6.08. The Kier molecular flexibility index (Phi) is 3.53. The van der Waals surface area contributed by atoms with Gasteiger partial charge in [0, 0.05) is 30.0 Å². The lowest BCUT2D eigenvalue weighted by Crippen LogP contribution is -1.95. The second-order valence-electron chi connectivity index (χ2n) is 3.76. The number of ether oxygens (including phenoxy) is 1. The van der Waals surface area contributed by atoms with Gasteiger partial charge in [-0.3, -0.25) is 0 Å². The van der Waals surface area contributed by atoms with E-state index in [0.29, 0.717) is 11.3 Å². The maximum Gasteiger partial charge on any atom is 0.219 e. The van der Waals surface area contributed by atoms with E-state index in [1.54, 1.807) is 13.0 Å². The fourth-order valence-corrected chi connectivity index (χ4v) is 1.50. The van der Waals surface area contributed by atoms with Crippen LogP contribution < -0.4 is 4.74 Å². The van der Waals surface area contributed by atoms with E-state index in [9.17, 15) is 8.78 Å². The maximum absolute atomic E-state index is 13.0. The first-order valence-electron chi connectivity index (χ1n) is 5.30. The summed E-state index contributed by atoms with van der Waals surface area (Å²) in [5.41, 5.74) is 1.28. The molecule has 2 aromatic rings. The van der Waals surface area contributed by atoms with Gasteiger partial charge in [0.15, 0.2) is 0 Å². The summed E-state index contributed by atoms with van der Waals surface area (Å²) in [7, 11) is 0. The molecule has 0 bridgehead atoms. The molecule has 18 heavy (non-hydrogen) atoms. The average Bonchev–Trinajstić information content (AvgIpc) is 2.27. The fraction of sp³-hybridized carbons (Fsp3) is 0.154. The highest BCUT2D eigenvalue weighted by Crippen LogP contribution is 2.22. The Labute approximate surface area is 103 Å². The topological polar surface area (TPSA) is 42.4 Å². The molecule has 3 nitrogen and oxygen atoms in total. The second kappa shape index (κ2) is 5.10. The highest BCUT2D eigenvalue weighted by atomic mass is 19.1. The Hall–Kier alpha value is -2.01. The van der Waals surface area contributed by atoms with Crippen LogP contribution in [0.3, 0.4) is 0 Å². The minimum atomic E-state index is -0.714. The highest BCUT2D eigenvalue weighted by Gasteiger charge is 2.05. The summed E-state index contributed by atoms with van der Waals surface area (Å²) in [6.45, 7) is 1.60. The standard InChI is InChI=1S/C13H11F2NO2/c1-8-9(7-17)2-3-13(16-8)18-12-5-10(14)4-11(15)6-12/h2-6,17H,7H2,1H3. The van der Waals surface area contributed by atoms with Gasteiger partial charge in [0.05, 0.1) is 6.61 Å². The lowest BCUT2D eigenvalue weighted by atomic mass is 10.2. The number of benzene rings is 1. The molecule has 0 spiro atoms. The van der Waals surface area contributed by atoms with Crippen LogP contribution in [-0.4, -0.2) is 10.1 Å². The Morgan fingerprint density at radius 2 is 1.83 bits per heavy atom. The molecule has 0 unspecified atom stereocenters. The number of nitrogens with zero attached hydrogens (tertiary/aromatic N) is 1. The van der Waals surface area contributed by atoms with Crippen molar-refractivity contribution in [3.63, 3.8) is 0 Å². The smallest absolute Gasteiger partial charge is 0.219 e. The SMILES string of the molecule is Cc1nc(Oc2cc(F)cc(F)c2)ccc1CO. The predicted molar refractivity (Wildman–Crippen MR) is 61.3 cm³/mol. The van der Waals surface area contributed by atoms with Gasteiger partial charge in [-0.2, -0.15) is 0 Å². The van der Waals surface area contributed by atoms with Crippen LogP contribution >= 0.6 is 0 Å². The van der Waals surface area contributed by atoms with Gasteiger partial charge in [-0.05, 0) is 18.6 Å². The molecule has 0 fully saturated rings. The van der Waals surface area contributed by atoms with E-state index >= 15 is 0 Å². The van der Waals surface area contributed by atoms with Gasteiger partial charge in [0.2, 0.25) is 5.88 Å². The van der Waals surface area contributed by atoms with E-state index in [1.165, 1.54) is 6.07 Å². The molecule has 0 aliphatic rings. The Balaban J connectivity index is 2.25. The Morgan fingerprint density at radius 3 is 2.39 bits per heavy atom. The van der Waals surface area contributed by atoms with Crippen molar-refractivity contribution < 1.29 is 18.6 Å². The van der Waals surface area contributed by atoms with Gasteiger partial charge in [0.25, 0.3) is 0 Å². The number of hydrogen-bond acceptors (Lipinski definition) is 3. The first-order valence-corrected chi connectivity index (χ1v) is 5.30. The third-order valence-electron chi connectivity index (χ3n) is 2.40. The van der Waals surface area contributed by atoms with E-state index in [0.717, 1.165) is 18.2 Å². The Bertz CT molecular complexity index is 553. The molecule has 0 aliphatic heterocycles. The molecule has 0 saturated carbocycles. The molecule has 1 aromatic carbocycles. The molecule has 5 heteroatoms. The van der Waals surface area contributed by atoms with E-state index in [4.69, 9.17) is 9.84 Å². The zero-order chi connectivity index (χ0) is 13.1. The highest BCUT2D eigenvalue weighted by molar-refractivity contribution is 5.30. The number of aryl methyl sites for hydroxylation is 1. The number of rotatable bonds is 3. The number of aliphatic hydroxyl groups excluding tert-OH is 1. The lowest BCUT2D eigenvalue weighted by molar-refractivity contribution is 0.280. The summed E-state index contributed by atoms with van der Waals surface area (Å²) >= 11 is 0. The summed E-state index contributed by atoms with van der Waals surface area (Å²) < 4.78 is 31.2. The number of halogens is 2. The van der Waals surface area contributed by atoms with Crippen LogP contribution in [-0.2, 0) is 6.61 Å². The monoisotopic (exact) mass is 251 g/mol. The number of aromatic nitrogens is 1. The lowest BCUT2D eigenvalue weighted by Gasteiger charge is -2.07. The number of aliphatic hydroxyl groups is 1. The Morgan fingerprint density at radius 1 is 1.17 bits per heavy atom. The van der Waals surface area contributed by atoms with Crippen LogP contribution in [0.4, 0.5) is 8.78 Å². The van der Waals surface area contributed by atoms with Crippen LogP contribution in [0.2, 0.25) is 0 Å². The predicted octanol–water partition coefficient (Wildman–Crippen LogP) is 2.95. The van der Waals surface area contributed by atoms with Gasteiger partial charge in [0.1, 0.15) is 17.4 Å². The maximum atomic E-state index is 13.0. The van der Waals surface area contributed by atoms with Gasteiger partial charge >= 0.3 is 0 Å². The minimum absolute atomic E-state index is 0.0381. The molecule has 0 amide bonds. The summed E-state index contributed by atoms with van der Waals surface area (Å²) in [4.78, 5) is 4.07. The van der Waals surface area contributed by atoms with Gasteiger partial charge in [-0.15, -0.1) is 0 Å². The quantitative estimate of drug-likeness (QED) is 0.911.